The maximum atomic E-state index is 5.80. The molecule has 0 unspecified atom stereocenters. The van der Waals surface area contributed by atoms with Crippen LogP contribution in [-0.2, 0) is 0 Å². The van der Waals surface area contributed by atoms with Crippen molar-refractivity contribution < 1.29 is 0 Å². The Bertz CT molecular complexity index is 334. The van der Waals surface area contributed by atoms with Gasteiger partial charge in [-0.15, -0.1) is 0 Å². The minimum absolute atomic E-state index is 0.695. The van der Waals surface area contributed by atoms with Gasteiger partial charge in [0, 0.05) is 26.0 Å². The van der Waals surface area contributed by atoms with Gasteiger partial charge in [0.15, 0.2) is 5.82 Å². The van der Waals surface area contributed by atoms with Gasteiger partial charge in [0.05, 0.1) is 5.69 Å². The monoisotopic (exact) mass is 176 g/mol. The van der Waals surface area contributed by atoms with Crippen LogP contribution in [0.2, 0.25) is 0 Å². The van der Waals surface area contributed by atoms with E-state index in [0.29, 0.717) is 5.69 Å². The summed E-state index contributed by atoms with van der Waals surface area (Å²) in [7, 11) is 1.99. The van der Waals surface area contributed by atoms with Gasteiger partial charge in [-0.3, -0.25) is 5.01 Å². The second-order valence-corrected chi connectivity index (χ2v) is 2.99. The normalized spacial score (nSPS) is 16.8. The lowest BCUT2D eigenvalue weighted by atomic mass is 10.4. The third-order valence-electron chi connectivity index (χ3n) is 2.02. The standard InChI is InChI=1S/C9H12N4/c1-12-6-3-7-13(12)9-8(10)4-2-5-11-9/h2-5,7H,6,10H2,1H3. The van der Waals surface area contributed by atoms with Crippen LogP contribution in [0.5, 0.6) is 0 Å². The summed E-state index contributed by atoms with van der Waals surface area (Å²) < 4.78 is 0. The second kappa shape index (κ2) is 3.06. The molecule has 0 aromatic carbocycles. The molecule has 2 heterocycles. The van der Waals surface area contributed by atoms with Crippen molar-refractivity contribution in [1.82, 2.24) is 9.99 Å². The average molecular weight is 176 g/mol. The number of likely N-dealkylation sites (N-methyl/N-ethyl adjacent to an activating group) is 1. The number of rotatable bonds is 1. The number of aromatic nitrogens is 1. The van der Waals surface area contributed by atoms with Crippen molar-refractivity contribution in [2.75, 3.05) is 24.3 Å². The first-order valence-electron chi connectivity index (χ1n) is 4.16. The Balaban J connectivity index is 2.35. The van der Waals surface area contributed by atoms with Crippen molar-refractivity contribution >= 4 is 11.5 Å². The fourth-order valence-electron chi connectivity index (χ4n) is 1.33. The lowest BCUT2D eigenvalue weighted by molar-refractivity contribution is 0.394. The smallest absolute Gasteiger partial charge is 0.170 e. The Labute approximate surface area is 77.2 Å². The predicted molar refractivity (Wildman–Crippen MR) is 52.9 cm³/mol. The Kier molecular flexibility index (Phi) is 1.90. The van der Waals surface area contributed by atoms with Crippen LogP contribution >= 0.6 is 0 Å². The highest BCUT2D eigenvalue weighted by Crippen LogP contribution is 2.22. The zero-order chi connectivity index (χ0) is 9.26. The molecule has 13 heavy (non-hydrogen) atoms. The molecule has 1 aromatic rings. The van der Waals surface area contributed by atoms with Crippen molar-refractivity contribution in [3.8, 4) is 0 Å². The molecule has 68 valence electrons. The zero-order valence-corrected chi connectivity index (χ0v) is 7.51. The Morgan fingerprint density at radius 2 is 2.38 bits per heavy atom. The molecule has 1 aromatic heterocycles. The van der Waals surface area contributed by atoms with Gasteiger partial charge in [-0.1, -0.05) is 6.08 Å². The first kappa shape index (κ1) is 8.07. The van der Waals surface area contributed by atoms with Crippen LogP contribution in [0.25, 0.3) is 0 Å². The van der Waals surface area contributed by atoms with E-state index in [1.807, 2.05) is 35.4 Å². The average Bonchev–Trinajstić information content (AvgIpc) is 2.52. The highest BCUT2D eigenvalue weighted by Gasteiger charge is 2.16. The van der Waals surface area contributed by atoms with Gasteiger partial charge in [0.1, 0.15) is 0 Å². The van der Waals surface area contributed by atoms with Crippen molar-refractivity contribution in [3.05, 3.63) is 30.6 Å². The van der Waals surface area contributed by atoms with Crippen LogP contribution in [0.15, 0.2) is 30.6 Å². The van der Waals surface area contributed by atoms with Gasteiger partial charge in [-0.05, 0) is 12.1 Å². The van der Waals surface area contributed by atoms with E-state index in [9.17, 15) is 0 Å². The lowest BCUT2D eigenvalue weighted by Crippen LogP contribution is -2.32. The maximum absolute atomic E-state index is 5.80. The van der Waals surface area contributed by atoms with E-state index in [1.54, 1.807) is 6.20 Å². The summed E-state index contributed by atoms with van der Waals surface area (Å²) in [5.74, 6) is 0.791. The van der Waals surface area contributed by atoms with Crippen LogP contribution in [0.1, 0.15) is 0 Å². The third kappa shape index (κ3) is 1.36. The number of hydrogen-bond donors (Lipinski definition) is 1. The minimum Gasteiger partial charge on any atom is -0.396 e. The molecule has 4 heteroatoms. The highest BCUT2D eigenvalue weighted by atomic mass is 15.6. The molecular formula is C9H12N4. The second-order valence-electron chi connectivity index (χ2n) is 2.99. The summed E-state index contributed by atoms with van der Waals surface area (Å²) in [5, 5.41) is 3.98. The van der Waals surface area contributed by atoms with Gasteiger partial charge in [0.25, 0.3) is 0 Å². The van der Waals surface area contributed by atoms with Gasteiger partial charge in [-0.2, -0.15) is 0 Å². The molecule has 0 saturated carbocycles. The van der Waals surface area contributed by atoms with Gasteiger partial charge < -0.3 is 5.73 Å². The molecule has 0 spiro atoms. The van der Waals surface area contributed by atoms with E-state index in [0.717, 1.165) is 12.4 Å². The first-order valence-corrected chi connectivity index (χ1v) is 4.16. The summed E-state index contributed by atoms with van der Waals surface area (Å²) in [4.78, 5) is 4.22. The SMILES string of the molecule is CN1CC=CN1c1ncccc1N. The van der Waals surface area contributed by atoms with E-state index < -0.39 is 0 Å². The topological polar surface area (TPSA) is 45.4 Å². The fraction of sp³-hybridized carbons (Fsp3) is 0.222. The third-order valence-corrected chi connectivity index (χ3v) is 2.02. The molecule has 0 saturated heterocycles. The van der Waals surface area contributed by atoms with Gasteiger partial charge >= 0.3 is 0 Å². The largest absolute Gasteiger partial charge is 0.396 e. The minimum atomic E-state index is 0.695. The lowest BCUT2D eigenvalue weighted by Gasteiger charge is -2.24. The highest BCUT2D eigenvalue weighted by molar-refractivity contribution is 5.63. The van der Waals surface area contributed by atoms with Gasteiger partial charge in [0.2, 0.25) is 0 Å². The fourth-order valence-corrected chi connectivity index (χ4v) is 1.33. The van der Waals surface area contributed by atoms with E-state index in [1.165, 1.54) is 0 Å². The summed E-state index contributed by atoms with van der Waals surface area (Å²) in [6.45, 7) is 0.899. The van der Waals surface area contributed by atoms with Crippen molar-refractivity contribution in [2.24, 2.45) is 0 Å². The molecule has 1 aliphatic rings. The van der Waals surface area contributed by atoms with Crippen molar-refractivity contribution in [1.29, 1.82) is 0 Å². The number of pyridine rings is 1. The maximum Gasteiger partial charge on any atom is 0.170 e. The summed E-state index contributed by atoms with van der Waals surface area (Å²) in [6, 6.07) is 3.68. The molecule has 0 radical (unpaired) electrons. The number of nitrogens with zero attached hydrogens (tertiary/aromatic N) is 3. The number of anilines is 2. The number of hydrazine groups is 1. The van der Waals surface area contributed by atoms with Crippen molar-refractivity contribution in [2.45, 2.75) is 0 Å². The molecule has 1 aliphatic heterocycles. The van der Waals surface area contributed by atoms with Crippen molar-refractivity contribution in [3.63, 3.8) is 0 Å². The molecule has 2 N–H and O–H groups in total. The Morgan fingerprint density at radius 1 is 1.54 bits per heavy atom. The molecule has 2 rings (SSSR count). The predicted octanol–water partition coefficient (Wildman–Crippen LogP) is 0.844. The van der Waals surface area contributed by atoms with Crippen LogP contribution < -0.4 is 10.7 Å². The molecule has 0 fully saturated rings. The Morgan fingerprint density at radius 3 is 3.00 bits per heavy atom. The van der Waals surface area contributed by atoms with Crippen LogP contribution in [0, 0.1) is 0 Å². The Hall–Kier alpha value is -1.55. The van der Waals surface area contributed by atoms with E-state index in [4.69, 9.17) is 5.73 Å². The molecule has 4 nitrogen and oxygen atoms in total. The summed E-state index contributed by atoms with van der Waals surface area (Å²) in [5.41, 5.74) is 6.49. The van der Waals surface area contributed by atoms with Crippen LogP contribution in [0.4, 0.5) is 11.5 Å². The molecular weight excluding hydrogens is 164 g/mol. The first-order chi connectivity index (χ1) is 6.29. The molecule has 0 amide bonds. The number of nitrogens with two attached hydrogens (primary N) is 1. The summed E-state index contributed by atoms with van der Waals surface area (Å²) in [6.07, 6.45) is 5.78. The zero-order valence-electron chi connectivity index (χ0n) is 7.51. The van der Waals surface area contributed by atoms with E-state index >= 15 is 0 Å². The van der Waals surface area contributed by atoms with E-state index in [2.05, 4.69) is 11.1 Å². The number of hydrogen-bond acceptors (Lipinski definition) is 4. The van der Waals surface area contributed by atoms with Crippen LogP contribution in [-0.4, -0.2) is 23.6 Å². The molecule has 0 bridgehead atoms. The molecule has 0 atom stereocenters. The van der Waals surface area contributed by atoms with Gasteiger partial charge in [-0.25, -0.2) is 9.99 Å². The number of nitrogen functional groups attached to an aromatic ring is 1. The van der Waals surface area contributed by atoms with E-state index in [-0.39, 0.29) is 0 Å². The molecule has 0 aliphatic carbocycles. The van der Waals surface area contributed by atoms with Crippen LogP contribution in [0.3, 0.4) is 0 Å². The quantitative estimate of drug-likeness (QED) is 0.689. The summed E-state index contributed by atoms with van der Waals surface area (Å²) >= 11 is 0.